The molecular formula is C50H80N2O4+2. The number of hydrogen-bond acceptors (Lipinski definition) is 4. The highest BCUT2D eigenvalue weighted by atomic mass is 16.5. The topological polar surface area (TPSA) is 58.9 Å². The maximum atomic E-state index is 9.65. The molecule has 2 bridgehead atoms. The third kappa shape index (κ3) is 12.3. The maximum Gasteiger partial charge on any atom is 0.119 e. The van der Waals surface area contributed by atoms with Crippen LogP contribution in [-0.2, 0) is 0 Å². The predicted molar refractivity (Wildman–Crippen MR) is 232 cm³/mol. The molecule has 0 radical (unpaired) electrons. The van der Waals surface area contributed by atoms with Gasteiger partial charge in [0.25, 0.3) is 0 Å². The molecular weight excluding hydrogens is 693 g/mol. The van der Waals surface area contributed by atoms with Crippen LogP contribution in [0.15, 0.2) is 54.1 Å². The zero-order valence-corrected chi connectivity index (χ0v) is 35.7. The third-order valence-electron chi connectivity index (χ3n) is 14.5. The van der Waals surface area contributed by atoms with Crippen molar-refractivity contribution >= 4 is 5.57 Å². The molecule has 4 unspecified atom stereocenters. The molecule has 2 N–H and O–H groups in total. The molecule has 2 aliphatic heterocycles. The lowest BCUT2D eigenvalue weighted by atomic mass is 9.61. The number of aliphatic hydroxyl groups is 2. The van der Waals surface area contributed by atoms with Gasteiger partial charge in [0, 0.05) is 0 Å². The van der Waals surface area contributed by atoms with Crippen molar-refractivity contribution in [1.29, 1.82) is 0 Å². The summed E-state index contributed by atoms with van der Waals surface area (Å²) in [6, 6.07) is 18.1. The van der Waals surface area contributed by atoms with Gasteiger partial charge in [-0.15, -0.1) is 0 Å². The Bertz CT molecular complexity index is 1340. The van der Waals surface area contributed by atoms with E-state index in [4.69, 9.17) is 9.47 Å². The van der Waals surface area contributed by atoms with Crippen molar-refractivity contribution in [3.63, 3.8) is 0 Å². The smallest absolute Gasteiger partial charge is 0.119 e. The lowest BCUT2D eigenvalue weighted by molar-refractivity contribution is -0.932. The second-order valence-electron chi connectivity index (χ2n) is 19.0. The van der Waals surface area contributed by atoms with Crippen molar-refractivity contribution in [1.82, 2.24) is 0 Å². The molecule has 4 atom stereocenters. The molecule has 2 aromatic rings. The zero-order chi connectivity index (χ0) is 39.1. The Balaban J connectivity index is 1.01. The molecule has 2 aromatic carbocycles. The normalized spacial score (nSPS) is 24.5. The summed E-state index contributed by atoms with van der Waals surface area (Å²) in [5, 5.41) is 19.3. The predicted octanol–water partition coefficient (Wildman–Crippen LogP) is 10.4. The molecule has 2 aliphatic carbocycles. The van der Waals surface area contributed by atoms with E-state index in [9.17, 15) is 10.2 Å². The zero-order valence-electron chi connectivity index (χ0n) is 35.7. The third-order valence-corrected chi connectivity index (χ3v) is 14.5. The molecule has 2 heterocycles. The molecule has 0 spiro atoms. The number of unbranched alkanes of at least 4 members (excludes halogenated alkanes) is 6. The number of rotatable bonds is 22. The lowest BCUT2D eigenvalue weighted by Crippen LogP contribution is -2.53. The van der Waals surface area contributed by atoms with E-state index in [1.54, 1.807) is 5.57 Å². The minimum atomic E-state index is 0.320. The Morgan fingerprint density at radius 3 is 1.46 bits per heavy atom. The summed E-state index contributed by atoms with van der Waals surface area (Å²) in [4.78, 5) is 0. The Morgan fingerprint density at radius 2 is 1.00 bits per heavy atom. The van der Waals surface area contributed by atoms with Crippen LogP contribution in [-0.4, -0.2) is 98.0 Å². The van der Waals surface area contributed by atoms with Gasteiger partial charge in [-0.05, 0) is 180 Å². The first-order valence-corrected chi connectivity index (χ1v) is 23.5. The van der Waals surface area contributed by atoms with Gasteiger partial charge in [-0.3, -0.25) is 0 Å². The van der Waals surface area contributed by atoms with E-state index in [-0.39, 0.29) is 0 Å². The van der Waals surface area contributed by atoms with Gasteiger partial charge in [0.1, 0.15) is 24.6 Å². The van der Waals surface area contributed by atoms with Crippen LogP contribution in [0.3, 0.4) is 0 Å². The highest BCUT2D eigenvalue weighted by Gasteiger charge is 2.38. The van der Waals surface area contributed by atoms with Gasteiger partial charge in [0.2, 0.25) is 0 Å². The van der Waals surface area contributed by atoms with Crippen molar-refractivity contribution in [3.8, 4) is 11.5 Å². The first kappa shape index (κ1) is 43.2. The maximum absolute atomic E-state index is 9.65. The molecule has 6 nitrogen and oxygen atoms in total. The quantitative estimate of drug-likeness (QED) is 0.0924. The Morgan fingerprint density at radius 1 is 0.536 bits per heavy atom. The van der Waals surface area contributed by atoms with Crippen LogP contribution < -0.4 is 9.47 Å². The second-order valence-corrected chi connectivity index (χ2v) is 19.0. The van der Waals surface area contributed by atoms with Crippen LogP contribution in [0.1, 0.15) is 141 Å². The molecule has 0 aromatic heterocycles. The minimum absolute atomic E-state index is 0.320. The van der Waals surface area contributed by atoms with Crippen LogP contribution in [0.25, 0.3) is 5.57 Å². The SMILES string of the molecule is CC1CC2CC(C)C(=C(c3ccc(OCCCCCC[N+]4(CCO)CCCCC4)cc3)c3ccc(OCCCCCC[N+]4(CCO)CCCCC4)cc3)C(C1)C2. The summed E-state index contributed by atoms with van der Waals surface area (Å²) < 4.78 is 14.9. The Kier molecular flexibility index (Phi) is 17.1. The number of ether oxygens (including phenoxy) is 2. The van der Waals surface area contributed by atoms with E-state index in [0.717, 1.165) is 71.4 Å². The average molecular weight is 773 g/mol. The molecule has 4 aliphatic rings. The van der Waals surface area contributed by atoms with E-state index < -0.39 is 0 Å². The Hall–Kier alpha value is -2.38. The fraction of sp³-hybridized carbons (Fsp3) is 0.720. The second kappa shape index (κ2) is 22.1. The lowest BCUT2D eigenvalue weighted by Gasteiger charge is -2.44. The largest absolute Gasteiger partial charge is 0.494 e. The van der Waals surface area contributed by atoms with Crippen molar-refractivity contribution < 1.29 is 28.7 Å². The van der Waals surface area contributed by atoms with Gasteiger partial charge < -0.3 is 28.7 Å². The minimum Gasteiger partial charge on any atom is -0.494 e. The number of likely N-dealkylation sites (tertiary alicyclic amines) is 2. The van der Waals surface area contributed by atoms with Crippen molar-refractivity contribution in [2.24, 2.45) is 23.7 Å². The number of hydrogen-bond donors (Lipinski definition) is 2. The summed E-state index contributed by atoms with van der Waals surface area (Å²) in [6.07, 6.45) is 23.0. The molecule has 312 valence electrons. The number of quaternary nitrogens is 2. The summed E-state index contributed by atoms with van der Waals surface area (Å²) in [5.74, 6) is 4.89. The molecule has 56 heavy (non-hydrogen) atoms. The van der Waals surface area contributed by atoms with Crippen molar-refractivity contribution in [2.45, 2.75) is 129 Å². The van der Waals surface area contributed by atoms with Crippen molar-refractivity contribution in [3.05, 3.63) is 65.2 Å². The number of allylic oxidation sites excluding steroid dienone is 1. The molecule has 2 saturated carbocycles. The number of fused-ring (bicyclic) bond motifs is 2. The van der Waals surface area contributed by atoms with Crippen molar-refractivity contribution in [2.75, 3.05) is 78.8 Å². The summed E-state index contributed by atoms with van der Waals surface area (Å²) >= 11 is 0. The van der Waals surface area contributed by atoms with Crippen LogP contribution >= 0.6 is 0 Å². The van der Waals surface area contributed by atoms with Gasteiger partial charge in [-0.25, -0.2) is 0 Å². The van der Waals surface area contributed by atoms with Gasteiger partial charge in [0.15, 0.2) is 0 Å². The summed E-state index contributed by atoms with van der Waals surface area (Å²) in [5.41, 5.74) is 5.75. The highest BCUT2D eigenvalue weighted by molar-refractivity contribution is 5.83. The first-order valence-electron chi connectivity index (χ1n) is 23.5. The van der Waals surface area contributed by atoms with Crippen LogP contribution in [0.2, 0.25) is 0 Å². The standard InChI is InChI=1S/C50H80N2O4/c1-41-37-43-39-42(2)49(46(38-41)40-43)50(44-17-21-47(22-18-44)55-35-15-5-3-9-25-51(31-33-53)27-11-7-12-28-51)45-19-23-48(24-20-45)56-36-16-6-4-10-26-52(32-34-54)29-13-8-14-30-52/h17-24,41-43,46,53-54H,3-16,25-40H2,1-2H3/q+2. The summed E-state index contributed by atoms with van der Waals surface area (Å²) in [7, 11) is 0. The summed E-state index contributed by atoms with van der Waals surface area (Å²) in [6.45, 7) is 16.5. The molecule has 6 rings (SSSR count). The Labute approximate surface area is 341 Å². The highest BCUT2D eigenvalue weighted by Crippen LogP contribution is 2.51. The van der Waals surface area contributed by atoms with Crippen LogP contribution in [0.4, 0.5) is 0 Å². The molecule has 2 saturated heterocycles. The van der Waals surface area contributed by atoms with E-state index in [1.165, 1.54) is 159 Å². The monoisotopic (exact) mass is 773 g/mol. The van der Waals surface area contributed by atoms with Crippen LogP contribution in [0.5, 0.6) is 11.5 Å². The van der Waals surface area contributed by atoms with E-state index in [0.29, 0.717) is 25.0 Å². The van der Waals surface area contributed by atoms with E-state index in [1.807, 2.05) is 0 Å². The number of aliphatic hydroxyl groups excluding tert-OH is 2. The molecule has 0 amide bonds. The van der Waals surface area contributed by atoms with Gasteiger partial charge in [-0.1, -0.05) is 43.7 Å². The van der Waals surface area contributed by atoms with Crippen LogP contribution in [0, 0.1) is 23.7 Å². The van der Waals surface area contributed by atoms with Gasteiger partial charge >= 0.3 is 0 Å². The fourth-order valence-corrected chi connectivity index (χ4v) is 11.7. The van der Waals surface area contributed by atoms with E-state index >= 15 is 0 Å². The van der Waals surface area contributed by atoms with E-state index in [2.05, 4.69) is 62.4 Å². The molecule has 4 fully saturated rings. The first-order chi connectivity index (χ1) is 27.4. The fourth-order valence-electron chi connectivity index (χ4n) is 11.7. The van der Waals surface area contributed by atoms with Gasteiger partial charge in [-0.2, -0.15) is 0 Å². The number of nitrogens with zero attached hydrogens (tertiary/aromatic N) is 2. The average Bonchev–Trinajstić information content (AvgIpc) is 3.20. The molecule has 6 heteroatoms. The van der Waals surface area contributed by atoms with Gasteiger partial charge in [0.05, 0.1) is 65.7 Å². The number of piperidine rings is 2. The number of benzene rings is 2.